The maximum atomic E-state index is 13.1. The second kappa shape index (κ2) is 12.9. The Morgan fingerprint density at radius 2 is 2.02 bits per heavy atom. The van der Waals surface area contributed by atoms with Gasteiger partial charge in [0, 0.05) is 30.7 Å². The molecule has 222 valence electrons. The lowest BCUT2D eigenvalue weighted by Gasteiger charge is -2.33. The molecule has 4 heterocycles. The molecule has 41 heavy (non-hydrogen) atoms. The molecule has 0 saturated carbocycles. The molecule has 0 N–H and O–H groups in total. The van der Waals surface area contributed by atoms with Crippen LogP contribution in [0, 0.1) is 17.3 Å². The van der Waals surface area contributed by atoms with Crippen LogP contribution in [0.15, 0.2) is 46.4 Å². The highest BCUT2D eigenvalue weighted by Gasteiger charge is 2.37. The Kier molecular flexibility index (Phi) is 9.71. The number of amides is 1. The van der Waals surface area contributed by atoms with Gasteiger partial charge in [0.25, 0.3) is 0 Å². The fourth-order valence-electron chi connectivity index (χ4n) is 6.58. The molecule has 0 bridgehead atoms. The molecule has 0 aromatic carbocycles. The van der Waals surface area contributed by atoms with E-state index in [1.165, 1.54) is 5.57 Å². The van der Waals surface area contributed by atoms with Crippen LogP contribution in [-0.2, 0) is 4.79 Å². The fourth-order valence-corrected chi connectivity index (χ4v) is 6.58. The van der Waals surface area contributed by atoms with E-state index in [2.05, 4.69) is 80.2 Å². The van der Waals surface area contributed by atoms with Crippen LogP contribution in [-0.4, -0.2) is 52.8 Å². The predicted molar refractivity (Wildman–Crippen MR) is 170 cm³/mol. The fraction of sp³-hybridized carbons (Fsp3) is 0.600. The SMILES string of the molecule is C=CC=C(CC)C(C)N1CC(C(C)Oc2nc(C3=CC(C)C(C(C)(C)C)N=C3)cc3c2=CCC(CCC)N=3)CC1=O. The lowest BCUT2D eigenvalue weighted by Crippen LogP contribution is -2.38. The standard InChI is InChI=1S/C35H50N4O2/c1-10-13-25(12-3)23(5)39-21-27(18-32(39)40)24(6)41-34-29-16-15-28(14-11-2)37-31(29)19-30(38-34)26-17-22(4)33(36-20-26)35(7,8)9/h10,13,16-17,19-20,22-24,27-28,33H,1,11-12,14-15,18,21H2,2-9H3. The highest BCUT2D eigenvalue weighted by atomic mass is 16.5. The second-order valence-electron chi connectivity index (χ2n) is 13.2. The number of allylic oxidation sites excluding steroid dienone is 3. The van der Waals surface area contributed by atoms with Gasteiger partial charge >= 0.3 is 0 Å². The highest BCUT2D eigenvalue weighted by molar-refractivity contribution is 6.09. The van der Waals surface area contributed by atoms with Crippen molar-refractivity contribution in [1.29, 1.82) is 0 Å². The van der Waals surface area contributed by atoms with E-state index in [1.807, 2.05) is 23.3 Å². The molecule has 6 unspecified atom stereocenters. The van der Waals surface area contributed by atoms with Crippen molar-refractivity contribution in [1.82, 2.24) is 9.88 Å². The summed E-state index contributed by atoms with van der Waals surface area (Å²) in [6, 6.07) is 2.67. The van der Waals surface area contributed by atoms with Crippen molar-refractivity contribution in [3.05, 3.63) is 52.7 Å². The van der Waals surface area contributed by atoms with Crippen molar-refractivity contribution in [3.63, 3.8) is 0 Å². The molecule has 6 heteroatoms. The lowest BCUT2D eigenvalue weighted by atomic mass is 9.78. The molecule has 4 rings (SSSR count). The number of fused-ring (bicyclic) bond motifs is 1. The average Bonchev–Trinajstić information content (AvgIpc) is 3.32. The number of dihydropyridines is 1. The third kappa shape index (κ3) is 6.90. The van der Waals surface area contributed by atoms with Gasteiger partial charge in [0.1, 0.15) is 6.10 Å². The van der Waals surface area contributed by atoms with Crippen LogP contribution in [0.4, 0.5) is 0 Å². The molecule has 1 aromatic heterocycles. The van der Waals surface area contributed by atoms with E-state index < -0.39 is 0 Å². The number of rotatable bonds is 10. The van der Waals surface area contributed by atoms with Crippen molar-refractivity contribution < 1.29 is 9.53 Å². The minimum Gasteiger partial charge on any atom is -0.474 e. The van der Waals surface area contributed by atoms with Crippen molar-refractivity contribution in [2.45, 2.75) is 112 Å². The molecular weight excluding hydrogens is 508 g/mol. The first-order chi connectivity index (χ1) is 19.5. The summed E-state index contributed by atoms with van der Waals surface area (Å²) in [5, 5.41) is 1.92. The minimum absolute atomic E-state index is 0.0518. The van der Waals surface area contributed by atoms with Crippen molar-refractivity contribution in [2.75, 3.05) is 6.54 Å². The van der Waals surface area contributed by atoms with Gasteiger partial charge in [-0.1, -0.05) is 78.8 Å². The number of likely N-dealkylation sites (tertiary alicyclic amines) is 1. The smallest absolute Gasteiger partial charge is 0.223 e. The van der Waals surface area contributed by atoms with Crippen molar-refractivity contribution >= 4 is 23.8 Å². The van der Waals surface area contributed by atoms with Gasteiger partial charge in [-0.25, -0.2) is 4.98 Å². The number of carbonyl (C=O) groups is 1. The molecule has 6 nitrogen and oxygen atoms in total. The van der Waals surface area contributed by atoms with Crippen molar-refractivity contribution in [3.8, 4) is 5.88 Å². The van der Waals surface area contributed by atoms with Crippen LogP contribution in [0.2, 0.25) is 0 Å². The number of pyridine rings is 1. The third-order valence-corrected chi connectivity index (χ3v) is 8.93. The van der Waals surface area contributed by atoms with Crippen molar-refractivity contribution in [2.24, 2.45) is 27.2 Å². The monoisotopic (exact) mass is 558 g/mol. The maximum absolute atomic E-state index is 13.1. The summed E-state index contributed by atoms with van der Waals surface area (Å²) in [7, 11) is 0. The summed E-state index contributed by atoms with van der Waals surface area (Å²) < 4.78 is 6.65. The number of hydrogen-bond donors (Lipinski definition) is 0. The van der Waals surface area contributed by atoms with Crippen LogP contribution in [0.25, 0.3) is 11.6 Å². The summed E-state index contributed by atoms with van der Waals surface area (Å²) >= 11 is 0. The van der Waals surface area contributed by atoms with Crippen LogP contribution in [0.3, 0.4) is 0 Å². The average molecular weight is 559 g/mol. The Hall–Kier alpha value is -3.02. The molecule has 1 aromatic rings. The zero-order valence-electron chi connectivity index (χ0n) is 26.5. The first-order valence-corrected chi connectivity index (χ1v) is 15.6. The Morgan fingerprint density at radius 3 is 2.66 bits per heavy atom. The highest BCUT2D eigenvalue weighted by Crippen LogP contribution is 2.33. The molecule has 0 aliphatic carbocycles. The van der Waals surface area contributed by atoms with Gasteiger partial charge < -0.3 is 9.64 Å². The summed E-state index contributed by atoms with van der Waals surface area (Å²) in [5.41, 5.74) is 3.17. The third-order valence-electron chi connectivity index (χ3n) is 8.93. The number of aliphatic imine (C=N–C) groups is 1. The molecule has 0 radical (unpaired) electrons. The van der Waals surface area contributed by atoms with Crippen LogP contribution >= 0.6 is 0 Å². The summed E-state index contributed by atoms with van der Waals surface area (Å²) in [4.78, 5) is 30.2. The molecule has 0 spiro atoms. The Balaban J connectivity index is 1.64. The second-order valence-corrected chi connectivity index (χ2v) is 13.2. The molecule has 1 saturated heterocycles. The molecule has 3 aliphatic heterocycles. The van der Waals surface area contributed by atoms with Gasteiger partial charge in [-0.05, 0) is 56.1 Å². The Labute approximate surface area is 247 Å². The predicted octanol–water partition coefficient (Wildman–Crippen LogP) is 6.10. The Morgan fingerprint density at radius 1 is 1.27 bits per heavy atom. The summed E-state index contributed by atoms with van der Waals surface area (Å²) in [6.07, 6.45) is 14.6. The van der Waals surface area contributed by atoms with E-state index in [1.54, 1.807) is 0 Å². The van der Waals surface area contributed by atoms with E-state index in [4.69, 9.17) is 19.7 Å². The molecule has 6 atom stereocenters. The first kappa shape index (κ1) is 30.9. The molecule has 1 fully saturated rings. The van der Waals surface area contributed by atoms with E-state index in [-0.39, 0.29) is 41.5 Å². The zero-order chi connectivity index (χ0) is 29.9. The van der Waals surface area contributed by atoms with Crippen LogP contribution < -0.4 is 15.3 Å². The van der Waals surface area contributed by atoms with Gasteiger partial charge in [0.2, 0.25) is 11.8 Å². The van der Waals surface area contributed by atoms with Gasteiger partial charge in [0.15, 0.2) is 0 Å². The summed E-state index contributed by atoms with van der Waals surface area (Å²) in [6.45, 7) is 22.0. The number of ether oxygens (including phenoxy) is 1. The topological polar surface area (TPSA) is 67.2 Å². The molecule has 3 aliphatic rings. The van der Waals surface area contributed by atoms with Gasteiger partial charge in [-0.15, -0.1) is 0 Å². The van der Waals surface area contributed by atoms with Gasteiger partial charge in [-0.3, -0.25) is 14.8 Å². The maximum Gasteiger partial charge on any atom is 0.223 e. The van der Waals surface area contributed by atoms with Crippen LogP contribution in [0.1, 0.15) is 93.2 Å². The minimum atomic E-state index is -0.170. The largest absolute Gasteiger partial charge is 0.474 e. The summed E-state index contributed by atoms with van der Waals surface area (Å²) in [5.74, 6) is 1.18. The number of aromatic nitrogens is 1. The van der Waals surface area contributed by atoms with E-state index in [0.717, 1.165) is 47.5 Å². The number of hydrogen-bond acceptors (Lipinski definition) is 5. The van der Waals surface area contributed by atoms with Gasteiger partial charge in [-0.2, -0.15) is 0 Å². The van der Waals surface area contributed by atoms with Crippen LogP contribution in [0.5, 0.6) is 5.88 Å². The first-order valence-electron chi connectivity index (χ1n) is 15.6. The van der Waals surface area contributed by atoms with E-state index in [9.17, 15) is 4.79 Å². The lowest BCUT2D eigenvalue weighted by molar-refractivity contribution is -0.128. The number of carbonyl (C=O) groups excluding carboxylic acids is 1. The number of nitrogens with zero attached hydrogens (tertiary/aromatic N) is 4. The molecule has 1 amide bonds. The molecular formula is C35H50N4O2. The van der Waals surface area contributed by atoms with E-state index in [0.29, 0.717) is 24.8 Å². The zero-order valence-corrected chi connectivity index (χ0v) is 26.5. The van der Waals surface area contributed by atoms with E-state index >= 15 is 0 Å². The Bertz CT molecular complexity index is 1350. The van der Waals surface area contributed by atoms with Gasteiger partial charge in [0.05, 0.1) is 34.4 Å². The quantitative estimate of drug-likeness (QED) is 0.326. The normalized spacial score (nSPS) is 26.0.